The summed E-state index contributed by atoms with van der Waals surface area (Å²) in [5.41, 5.74) is -3.67. The highest BCUT2D eigenvalue weighted by Gasteiger charge is 2.48. The molecule has 2 heterocycles. The van der Waals surface area contributed by atoms with Gasteiger partial charge in [-0.3, -0.25) is 9.67 Å². The van der Waals surface area contributed by atoms with Crippen LogP contribution in [0.4, 0.5) is 13.2 Å². The van der Waals surface area contributed by atoms with Crippen molar-refractivity contribution in [3.8, 4) is 17.1 Å². The van der Waals surface area contributed by atoms with Crippen LogP contribution in [-0.2, 0) is 17.2 Å². The molecule has 10 heteroatoms. The Hall–Kier alpha value is -2.10. The van der Waals surface area contributed by atoms with Crippen molar-refractivity contribution < 1.29 is 25.8 Å². The van der Waals surface area contributed by atoms with E-state index < -0.39 is 21.4 Å². The first-order valence-electron chi connectivity index (χ1n) is 5.58. The molecule has 0 saturated carbocycles. The Kier molecular flexibility index (Phi) is 3.66. The second-order valence-electron chi connectivity index (χ2n) is 4.16. The lowest BCUT2D eigenvalue weighted by atomic mass is 10.2. The molecule has 114 valence electrons. The highest BCUT2D eigenvalue weighted by atomic mass is 32.2. The molecule has 0 saturated heterocycles. The highest BCUT2D eigenvalue weighted by Crippen LogP contribution is 2.27. The summed E-state index contributed by atoms with van der Waals surface area (Å²) in [4.78, 5) is 3.87. The lowest BCUT2D eigenvalue weighted by Gasteiger charge is -2.09. The molecular weight excluding hydrogens is 311 g/mol. The van der Waals surface area contributed by atoms with Gasteiger partial charge in [-0.05, 0) is 25.1 Å². The second-order valence-corrected chi connectivity index (χ2v) is 5.69. The maximum absolute atomic E-state index is 12.2. The van der Waals surface area contributed by atoms with E-state index in [1.165, 1.54) is 6.07 Å². The Morgan fingerprint density at radius 2 is 1.95 bits per heavy atom. The molecule has 6 nitrogen and oxygen atoms in total. The van der Waals surface area contributed by atoms with Gasteiger partial charge >= 0.3 is 15.6 Å². The van der Waals surface area contributed by atoms with Gasteiger partial charge in [-0.25, -0.2) is 0 Å². The minimum Gasteiger partial charge on any atom is -0.374 e. The molecule has 0 aliphatic carbocycles. The van der Waals surface area contributed by atoms with Gasteiger partial charge < -0.3 is 4.18 Å². The molecule has 0 atom stereocenters. The number of nitrogens with zero attached hydrogens (tertiary/aromatic N) is 3. The zero-order valence-corrected chi connectivity index (χ0v) is 11.7. The second kappa shape index (κ2) is 5.02. The van der Waals surface area contributed by atoms with Crippen molar-refractivity contribution in [2.24, 2.45) is 7.05 Å². The summed E-state index contributed by atoms with van der Waals surface area (Å²) in [6.07, 6.45) is 0.904. The van der Waals surface area contributed by atoms with Gasteiger partial charge in [-0.1, -0.05) is 0 Å². The molecule has 0 bridgehead atoms. The van der Waals surface area contributed by atoms with Crippen LogP contribution in [-0.4, -0.2) is 28.7 Å². The van der Waals surface area contributed by atoms with Gasteiger partial charge in [0.2, 0.25) is 0 Å². The fraction of sp³-hybridized carbons (Fsp3) is 0.273. The third kappa shape index (κ3) is 3.15. The molecule has 0 aliphatic heterocycles. The zero-order chi connectivity index (χ0) is 15.8. The normalized spacial score (nSPS) is 12.4. The molecule has 0 radical (unpaired) electrons. The summed E-state index contributed by atoms with van der Waals surface area (Å²) in [5, 5.41) is 4.10. The summed E-state index contributed by atoms with van der Waals surface area (Å²) < 4.78 is 63.7. The van der Waals surface area contributed by atoms with Gasteiger partial charge in [0.25, 0.3) is 0 Å². The van der Waals surface area contributed by atoms with Gasteiger partial charge in [0.1, 0.15) is 0 Å². The van der Waals surface area contributed by atoms with E-state index in [4.69, 9.17) is 0 Å². The monoisotopic (exact) mass is 321 g/mol. The average Bonchev–Trinajstić information content (AvgIpc) is 2.67. The molecule has 0 amide bonds. The Morgan fingerprint density at radius 1 is 1.29 bits per heavy atom. The smallest absolute Gasteiger partial charge is 0.374 e. The first kappa shape index (κ1) is 15.3. The van der Waals surface area contributed by atoms with Crippen molar-refractivity contribution in [1.82, 2.24) is 14.8 Å². The van der Waals surface area contributed by atoms with Crippen LogP contribution in [0.1, 0.15) is 5.69 Å². The number of hydrogen-bond acceptors (Lipinski definition) is 5. The van der Waals surface area contributed by atoms with E-state index in [0.29, 0.717) is 11.4 Å². The van der Waals surface area contributed by atoms with Crippen LogP contribution in [0.25, 0.3) is 11.4 Å². The molecule has 0 N–H and O–H groups in total. The van der Waals surface area contributed by atoms with Gasteiger partial charge in [0.15, 0.2) is 5.75 Å². The number of rotatable bonds is 3. The summed E-state index contributed by atoms with van der Waals surface area (Å²) >= 11 is 0. The number of aryl methyl sites for hydroxylation is 2. The van der Waals surface area contributed by atoms with Crippen molar-refractivity contribution in [3.63, 3.8) is 0 Å². The van der Waals surface area contributed by atoms with E-state index >= 15 is 0 Å². The maximum Gasteiger partial charge on any atom is 0.534 e. The van der Waals surface area contributed by atoms with Crippen molar-refractivity contribution in [3.05, 3.63) is 30.1 Å². The van der Waals surface area contributed by atoms with E-state index in [2.05, 4.69) is 14.3 Å². The zero-order valence-electron chi connectivity index (χ0n) is 10.9. The van der Waals surface area contributed by atoms with Crippen LogP contribution in [0.5, 0.6) is 5.75 Å². The minimum atomic E-state index is -5.69. The van der Waals surface area contributed by atoms with E-state index in [0.717, 1.165) is 18.0 Å². The van der Waals surface area contributed by atoms with Crippen molar-refractivity contribution >= 4 is 10.1 Å². The number of halogens is 3. The van der Waals surface area contributed by atoms with Crippen LogP contribution in [0.3, 0.4) is 0 Å². The lowest BCUT2D eigenvalue weighted by molar-refractivity contribution is -0.0500. The first-order chi connectivity index (χ1) is 9.60. The van der Waals surface area contributed by atoms with Crippen LogP contribution in [0.2, 0.25) is 0 Å². The largest absolute Gasteiger partial charge is 0.534 e. The Balaban J connectivity index is 2.26. The number of alkyl halides is 3. The molecule has 2 aromatic rings. The molecule has 21 heavy (non-hydrogen) atoms. The predicted molar refractivity (Wildman–Crippen MR) is 66.8 cm³/mol. The molecule has 0 unspecified atom stereocenters. The van der Waals surface area contributed by atoms with E-state index in [-0.39, 0.29) is 0 Å². The fourth-order valence-corrected chi connectivity index (χ4v) is 2.05. The highest BCUT2D eigenvalue weighted by molar-refractivity contribution is 7.87. The fourth-order valence-electron chi connectivity index (χ4n) is 1.61. The van der Waals surface area contributed by atoms with Crippen LogP contribution < -0.4 is 4.18 Å². The molecule has 0 fully saturated rings. The maximum atomic E-state index is 12.2. The quantitative estimate of drug-likeness (QED) is 0.639. The van der Waals surface area contributed by atoms with Crippen molar-refractivity contribution in [2.75, 3.05) is 0 Å². The minimum absolute atomic E-state index is 0.426. The van der Waals surface area contributed by atoms with Gasteiger partial charge in [0, 0.05) is 7.05 Å². The Labute approximate surface area is 118 Å². The molecule has 2 rings (SSSR count). The van der Waals surface area contributed by atoms with Crippen LogP contribution >= 0.6 is 0 Å². The van der Waals surface area contributed by atoms with E-state index in [9.17, 15) is 21.6 Å². The SMILES string of the molecule is Cc1cc(-c2ccc(OS(=O)(=O)C(F)(F)F)cn2)n(C)n1. The van der Waals surface area contributed by atoms with Gasteiger partial charge in [-0.15, -0.1) is 0 Å². The van der Waals surface area contributed by atoms with Gasteiger partial charge in [0.05, 0.1) is 23.3 Å². The molecule has 0 aliphatic rings. The first-order valence-corrected chi connectivity index (χ1v) is 6.99. The molecule has 2 aromatic heterocycles. The molecule has 0 aromatic carbocycles. The summed E-state index contributed by atoms with van der Waals surface area (Å²) in [5.74, 6) is -0.519. The summed E-state index contributed by atoms with van der Waals surface area (Å²) in [7, 11) is -4.01. The predicted octanol–water partition coefficient (Wildman–Crippen LogP) is 2.02. The van der Waals surface area contributed by atoms with Crippen LogP contribution in [0.15, 0.2) is 24.4 Å². The number of pyridine rings is 1. The molecular formula is C11H10F3N3O3S. The van der Waals surface area contributed by atoms with E-state index in [1.807, 2.05) is 0 Å². The van der Waals surface area contributed by atoms with Crippen LogP contribution in [0, 0.1) is 6.92 Å². The number of hydrogen-bond donors (Lipinski definition) is 0. The van der Waals surface area contributed by atoms with Gasteiger partial charge in [-0.2, -0.15) is 26.7 Å². The third-order valence-corrected chi connectivity index (χ3v) is 3.47. The average molecular weight is 321 g/mol. The standard InChI is InChI=1S/C11H10F3N3O3S/c1-7-5-10(17(2)16-7)9-4-3-8(6-15-9)20-21(18,19)11(12,13)14/h3-6H,1-2H3. The Bertz CT molecular complexity index is 751. The Morgan fingerprint density at radius 3 is 2.38 bits per heavy atom. The van der Waals surface area contributed by atoms with Crippen molar-refractivity contribution in [2.45, 2.75) is 12.4 Å². The summed E-state index contributed by atoms with van der Waals surface area (Å²) in [6.45, 7) is 1.77. The molecule has 0 spiro atoms. The topological polar surface area (TPSA) is 74.1 Å². The third-order valence-electron chi connectivity index (χ3n) is 2.49. The summed E-state index contributed by atoms with van der Waals surface area (Å²) in [6, 6.07) is 4.17. The lowest BCUT2D eigenvalue weighted by Crippen LogP contribution is -2.28. The van der Waals surface area contributed by atoms with E-state index in [1.54, 1.807) is 24.7 Å². The van der Waals surface area contributed by atoms with Crippen molar-refractivity contribution in [1.29, 1.82) is 0 Å². The number of aromatic nitrogens is 3.